The van der Waals surface area contributed by atoms with Crippen molar-refractivity contribution < 1.29 is 57.5 Å². The van der Waals surface area contributed by atoms with E-state index in [1.54, 1.807) is 33.8 Å². The minimum atomic E-state index is -1.48. The molecule has 12 heteroatoms. The van der Waals surface area contributed by atoms with Crippen molar-refractivity contribution in [3.05, 3.63) is 11.6 Å². The maximum absolute atomic E-state index is 13.1. The second-order valence-corrected chi connectivity index (χ2v) is 11.8. The Labute approximate surface area is 232 Å². The number of fused-ring (bicyclic) bond motifs is 1. The number of esters is 5. The van der Waals surface area contributed by atoms with Gasteiger partial charge in [0.15, 0.2) is 17.3 Å². The lowest BCUT2D eigenvalue weighted by molar-refractivity contribution is -0.245. The molecule has 12 nitrogen and oxygen atoms in total. The van der Waals surface area contributed by atoms with Gasteiger partial charge in [-0.25, -0.2) is 4.79 Å². The van der Waals surface area contributed by atoms with Crippen molar-refractivity contribution >= 4 is 29.8 Å². The van der Waals surface area contributed by atoms with E-state index in [9.17, 15) is 29.1 Å². The SMILES string of the molecule is CC(=O)O[C@H]1C/C(C)=C/[C@@H]2OC(=O)[C@]3(C)O[C@]23[C@H](OC(C)=O)[C@H]2[C@@H](C)[C@@H](O)C[C@H](OC(C)=O)[C@]2(C)[C@@H]1OC(C)=O. The first-order chi connectivity index (χ1) is 18.5. The zero-order valence-electron chi connectivity index (χ0n) is 24.0. The van der Waals surface area contributed by atoms with Gasteiger partial charge in [0.25, 0.3) is 0 Å². The van der Waals surface area contributed by atoms with Crippen LogP contribution in [0.5, 0.6) is 0 Å². The highest BCUT2D eigenvalue weighted by molar-refractivity contribution is 5.89. The Morgan fingerprint density at radius 1 is 0.925 bits per heavy atom. The van der Waals surface area contributed by atoms with Crippen LogP contribution in [0.15, 0.2) is 11.6 Å². The van der Waals surface area contributed by atoms with Gasteiger partial charge in [-0.15, -0.1) is 0 Å². The van der Waals surface area contributed by atoms with Gasteiger partial charge in [-0.3, -0.25) is 19.2 Å². The Kier molecular flexibility index (Phi) is 7.59. The molecule has 1 N–H and O–H groups in total. The van der Waals surface area contributed by atoms with Crippen molar-refractivity contribution in [2.75, 3.05) is 0 Å². The van der Waals surface area contributed by atoms with Gasteiger partial charge in [-0.05, 0) is 25.8 Å². The van der Waals surface area contributed by atoms with E-state index >= 15 is 0 Å². The molecule has 222 valence electrons. The topological polar surface area (TPSA) is 164 Å². The smallest absolute Gasteiger partial charge is 0.342 e. The van der Waals surface area contributed by atoms with Crippen molar-refractivity contribution in [2.45, 2.75) is 116 Å². The molecule has 2 aliphatic heterocycles. The van der Waals surface area contributed by atoms with Crippen molar-refractivity contribution in [2.24, 2.45) is 17.3 Å². The average molecular weight is 567 g/mol. The van der Waals surface area contributed by atoms with E-state index < -0.39 is 94.9 Å². The van der Waals surface area contributed by atoms with E-state index in [0.717, 1.165) is 0 Å². The molecule has 0 aromatic rings. The minimum Gasteiger partial charge on any atom is -0.462 e. The summed E-state index contributed by atoms with van der Waals surface area (Å²) in [6, 6.07) is 0. The molecule has 1 saturated carbocycles. The second-order valence-electron chi connectivity index (χ2n) is 11.8. The van der Waals surface area contributed by atoms with Crippen LogP contribution in [0.3, 0.4) is 0 Å². The third-order valence-corrected chi connectivity index (χ3v) is 9.03. The molecule has 4 aliphatic rings. The van der Waals surface area contributed by atoms with E-state index in [4.69, 9.17) is 28.4 Å². The van der Waals surface area contributed by atoms with Gasteiger partial charge < -0.3 is 33.5 Å². The highest BCUT2D eigenvalue weighted by Gasteiger charge is 2.87. The van der Waals surface area contributed by atoms with Crippen LogP contribution in [0.25, 0.3) is 0 Å². The van der Waals surface area contributed by atoms with Crippen LogP contribution in [0, 0.1) is 17.3 Å². The summed E-state index contributed by atoms with van der Waals surface area (Å²) in [5.41, 5.74) is -3.76. The van der Waals surface area contributed by atoms with Crippen molar-refractivity contribution in [3.8, 4) is 0 Å². The molecule has 3 fully saturated rings. The lowest BCUT2D eigenvalue weighted by Crippen LogP contribution is -2.68. The summed E-state index contributed by atoms with van der Waals surface area (Å²) >= 11 is 0. The number of aliphatic hydroxyl groups is 1. The van der Waals surface area contributed by atoms with E-state index in [1.807, 2.05) is 0 Å². The van der Waals surface area contributed by atoms with Crippen molar-refractivity contribution in [1.29, 1.82) is 0 Å². The van der Waals surface area contributed by atoms with Gasteiger partial charge in [-0.2, -0.15) is 0 Å². The Balaban J connectivity index is 2.06. The number of hydrogen-bond donors (Lipinski definition) is 1. The normalized spacial score (nSPS) is 45.2. The van der Waals surface area contributed by atoms with E-state index in [1.165, 1.54) is 27.7 Å². The molecular weight excluding hydrogens is 528 g/mol. The summed E-state index contributed by atoms with van der Waals surface area (Å²) in [6.07, 6.45) is -4.96. The first-order valence-electron chi connectivity index (χ1n) is 13.4. The quantitative estimate of drug-likeness (QED) is 0.226. The fraction of sp³-hybridized carbons (Fsp3) is 0.750. The van der Waals surface area contributed by atoms with Crippen LogP contribution in [0.2, 0.25) is 0 Å². The molecule has 40 heavy (non-hydrogen) atoms. The molecule has 2 saturated heterocycles. The lowest BCUT2D eigenvalue weighted by Gasteiger charge is -2.57. The third-order valence-electron chi connectivity index (χ3n) is 9.03. The van der Waals surface area contributed by atoms with Gasteiger partial charge >= 0.3 is 29.8 Å². The van der Waals surface area contributed by atoms with Crippen molar-refractivity contribution in [1.82, 2.24) is 0 Å². The standard InChI is InChI=1S/C28H38O12/c1-12-9-19(35-14(3)29)23(37-16(5)31)26(7)20(36-15(4)30)11-18(33)13(2)22(26)24(38-17(6)32)28-21(10-12)39-25(34)27(28,8)40-28/h10,13,18-24,33H,9,11H2,1-8H3/b12-10+/t13-,18-,19-,20-,21-,22+,23+,24+,26-,27-,28-/m0/s1. The summed E-state index contributed by atoms with van der Waals surface area (Å²) in [7, 11) is 0. The molecule has 2 aliphatic carbocycles. The number of aliphatic hydroxyl groups excluding tert-OH is 1. The largest absolute Gasteiger partial charge is 0.462 e. The maximum Gasteiger partial charge on any atom is 0.342 e. The highest BCUT2D eigenvalue weighted by atomic mass is 16.7. The molecule has 0 aromatic carbocycles. The molecule has 4 rings (SSSR count). The van der Waals surface area contributed by atoms with Crippen LogP contribution in [-0.4, -0.2) is 82.8 Å². The molecule has 2 heterocycles. The maximum atomic E-state index is 13.1. The molecule has 0 amide bonds. The molecule has 11 atom stereocenters. The zero-order chi connectivity index (χ0) is 29.9. The first kappa shape index (κ1) is 30.0. The Morgan fingerprint density at radius 2 is 1.48 bits per heavy atom. The Hall–Kier alpha value is -2.99. The fourth-order valence-electron chi connectivity index (χ4n) is 7.32. The van der Waals surface area contributed by atoms with Crippen LogP contribution in [0.1, 0.15) is 68.2 Å². The molecule has 0 unspecified atom stereocenters. The number of epoxide rings is 1. The van der Waals surface area contributed by atoms with Crippen LogP contribution >= 0.6 is 0 Å². The lowest BCUT2D eigenvalue weighted by atomic mass is 9.53. The summed E-state index contributed by atoms with van der Waals surface area (Å²) < 4.78 is 35.3. The van der Waals surface area contributed by atoms with E-state index in [0.29, 0.717) is 5.57 Å². The van der Waals surface area contributed by atoms with E-state index in [-0.39, 0.29) is 12.8 Å². The third kappa shape index (κ3) is 4.58. The highest BCUT2D eigenvalue weighted by Crippen LogP contribution is 2.65. The molecule has 1 spiro atoms. The van der Waals surface area contributed by atoms with Gasteiger partial charge in [0.05, 0.1) is 11.5 Å². The number of carbonyl (C=O) groups excluding carboxylic acids is 5. The second kappa shape index (κ2) is 10.1. The van der Waals surface area contributed by atoms with Crippen LogP contribution in [-0.2, 0) is 52.4 Å². The summed E-state index contributed by atoms with van der Waals surface area (Å²) in [5, 5.41) is 11.3. The monoisotopic (exact) mass is 566 g/mol. The first-order valence-corrected chi connectivity index (χ1v) is 13.4. The Bertz CT molecular complexity index is 1150. The minimum absolute atomic E-state index is 0.0378. The number of ether oxygens (including phenoxy) is 6. The van der Waals surface area contributed by atoms with Crippen LogP contribution < -0.4 is 0 Å². The van der Waals surface area contributed by atoms with Gasteiger partial charge in [0, 0.05) is 46.5 Å². The zero-order valence-corrected chi connectivity index (χ0v) is 24.0. The molecule has 0 aromatic heterocycles. The predicted octanol–water partition coefficient (Wildman–Crippen LogP) is 1.54. The summed E-state index contributed by atoms with van der Waals surface area (Å²) in [6.45, 7) is 11.6. The fourth-order valence-corrected chi connectivity index (χ4v) is 7.32. The average Bonchev–Trinajstić information content (AvgIpc) is 3.40. The van der Waals surface area contributed by atoms with E-state index in [2.05, 4.69) is 0 Å². The van der Waals surface area contributed by atoms with Gasteiger partial charge in [0.2, 0.25) is 0 Å². The number of hydrogen-bond acceptors (Lipinski definition) is 12. The molecule has 0 bridgehead atoms. The van der Waals surface area contributed by atoms with Crippen LogP contribution in [0.4, 0.5) is 0 Å². The number of rotatable bonds is 4. The van der Waals surface area contributed by atoms with Gasteiger partial charge in [-0.1, -0.05) is 19.4 Å². The summed E-state index contributed by atoms with van der Waals surface area (Å²) in [4.78, 5) is 62.9. The predicted molar refractivity (Wildman–Crippen MR) is 134 cm³/mol. The molecule has 0 radical (unpaired) electrons. The van der Waals surface area contributed by atoms with Crippen molar-refractivity contribution in [3.63, 3.8) is 0 Å². The molecular formula is C28H38O12. The summed E-state index contributed by atoms with van der Waals surface area (Å²) in [5.74, 6) is -4.93. The van der Waals surface area contributed by atoms with Gasteiger partial charge in [0.1, 0.15) is 24.4 Å². The Morgan fingerprint density at radius 3 is 2.00 bits per heavy atom. The number of carbonyl (C=O) groups is 5.